The van der Waals surface area contributed by atoms with Gasteiger partial charge in [0.15, 0.2) is 5.82 Å². The van der Waals surface area contributed by atoms with Crippen molar-refractivity contribution in [3.8, 4) is 11.4 Å². The molecule has 0 aliphatic carbocycles. The second-order valence-electron chi connectivity index (χ2n) is 6.21. The number of pyridine rings is 2. The number of nitrogens with zero attached hydrogens (tertiary/aromatic N) is 5. The van der Waals surface area contributed by atoms with Gasteiger partial charge in [-0.05, 0) is 18.2 Å². The van der Waals surface area contributed by atoms with E-state index in [9.17, 15) is 18.0 Å². The molecule has 10 heteroatoms. The smallest absolute Gasteiger partial charge is 0.317 e. The molecule has 0 atom stereocenters. The number of benzene rings is 1. The summed E-state index contributed by atoms with van der Waals surface area (Å²) in [5.41, 5.74) is -0.805. The number of nitrogens with one attached hydrogen (secondary N) is 1. The summed E-state index contributed by atoms with van der Waals surface area (Å²) in [5.74, 6) is -0.287. The van der Waals surface area contributed by atoms with Crippen molar-refractivity contribution in [1.29, 1.82) is 0 Å². The number of hydrogen-bond acceptors (Lipinski definition) is 5. The standard InChI is InChI=1S/C19H13F3N6O/c1-28-10-25-27-17(28)11-6-7-15(24-8-11)26-18(29)13-9-23-14-5-3-2-4-12(14)16(13)19(20,21)22/h2-10H,1H3,(H,24,26,29). The molecule has 1 N–H and O–H groups in total. The minimum absolute atomic E-state index is 0.0993. The van der Waals surface area contributed by atoms with Crippen LogP contribution in [0.2, 0.25) is 0 Å². The Morgan fingerprint density at radius 1 is 1.07 bits per heavy atom. The first-order chi connectivity index (χ1) is 13.8. The second kappa shape index (κ2) is 6.97. The summed E-state index contributed by atoms with van der Waals surface area (Å²) in [4.78, 5) is 20.6. The first-order valence-corrected chi connectivity index (χ1v) is 8.41. The maximum absolute atomic E-state index is 13.7. The number of aryl methyl sites for hydroxylation is 1. The van der Waals surface area contributed by atoms with E-state index in [4.69, 9.17) is 0 Å². The fourth-order valence-corrected chi connectivity index (χ4v) is 2.95. The summed E-state index contributed by atoms with van der Waals surface area (Å²) in [6, 6.07) is 8.90. The van der Waals surface area contributed by atoms with Crippen LogP contribution in [0.5, 0.6) is 0 Å². The zero-order valence-electron chi connectivity index (χ0n) is 15.0. The van der Waals surface area contributed by atoms with E-state index in [2.05, 4.69) is 25.5 Å². The average Bonchev–Trinajstić information content (AvgIpc) is 3.12. The van der Waals surface area contributed by atoms with Gasteiger partial charge in [-0.15, -0.1) is 10.2 Å². The maximum Gasteiger partial charge on any atom is 0.417 e. The van der Waals surface area contributed by atoms with Crippen molar-refractivity contribution < 1.29 is 18.0 Å². The molecule has 0 aliphatic rings. The highest BCUT2D eigenvalue weighted by molar-refractivity contribution is 6.07. The van der Waals surface area contributed by atoms with Crippen molar-refractivity contribution >= 4 is 22.6 Å². The molecular weight excluding hydrogens is 385 g/mol. The van der Waals surface area contributed by atoms with Crippen molar-refractivity contribution in [3.63, 3.8) is 0 Å². The molecule has 4 aromatic rings. The van der Waals surface area contributed by atoms with Crippen molar-refractivity contribution in [2.45, 2.75) is 6.18 Å². The molecule has 1 amide bonds. The molecule has 0 saturated heterocycles. The Morgan fingerprint density at radius 3 is 2.52 bits per heavy atom. The van der Waals surface area contributed by atoms with E-state index in [1.807, 2.05) is 0 Å². The van der Waals surface area contributed by atoms with Crippen LogP contribution in [0.15, 0.2) is 55.1 Å². The zero-order chi connectivity index (χ0) is 20.6. The number of anilines is 1. The first-order valence-electron chi connectivity index (χ1n) is 8.41. The molecule has 3 heterocycles. The monoisotopic (exact) mass is 398 g/mol. The number of aromatic nitrogens is 5. The second-order valence-corrected chi connectivity index (χ2v) is 6.21. The van der Waals surface area contributed by atoms with Gasteiger partial charge in [-0.25, -0.2) is 4.98 Å². The Labute approximate surface area is 162 Å². The lowest BCUT2D eigenvalue weighted by Gasteiger charge is -2.15. The van der Waals surface area contributed by atoms with Crippen LogP contribution >= 0.6 is 0 Å². The van der Waals surface area contributed by atoms with Crippen molar-refractivity contribution in [2.24, 2.45) is 7.05 Å². The molecule has 3 aromatic heterocycles. The summed E-state index contributed by atoms with van der Waals surface area (Å²) < 4.78 is 42.7. The number of para-hydroxylation sites is 1. The number of alkyl halides is 3. The normalized spacial score (nSPS) is 11.6. The molecule has 0 radical (unpaired) electrons. The Bertz CT molecular complexity index is 1200. The summed E-state index contributed by atoms with van der Waals surface area (Å²) in [7, 11) is 1.76. The third-order valence-electron chi connectivity index (χ3n) is 4.28. The van der Waals surface area contributed by atoms with E-state index in [0.29, 0.717) is 11.4 Å². The fourth-order valence-electron chi connectivity index (χ4n) is 2.95. The third-order valence-corrected chi connectivity index (χ3v) is 4.28. The molecule has 1 aromatic carbocycles. The fraction of sp³-hybridized carbons (Fsp3) is 0.105. The largest absolute Gasteiger partial charge is 0.417 e. The van der Waals surface area contributed by atoms with Crippen molar-refractivity contribution in [2.75, 3.05) is 5.32 Å². The SMILES string of the molecule is Cn1cnnc1-c1ccc(NC(=O)c2cnc3ccccc3c2C(F)(F)F)nc1. The molecule has 0 unspecified atom stereocenters. The highest BCUT2D eigenvalue weighted by atomic mass is 19.4. The van der Waals surface area contributed by atoms with E-state index in [0.717, 1.165) is 6.20 Å². The number of carbonyl (C=O) groups excluding carboxylic acids is 1. The average molecular weight is 398 g/mol. The molecule has 0 aliphatic heterocycles. The molecule has 7 nitrogen and oxygen atoms in total. The van der Waals surface area contributed by atoms with Gasteiger partial charge in [0.2, 0.25) is 0 Å². The molecule has 0 saturated carbocycles. The van der Waals surface area contributed by atoms with Crippen LogP contribution in [0.1, 0.15) is 15.9 Å². The van der Waals surface area contributed by atoms with Crippen LogP contribution < -0.4 is 5.32 Å². The number of amides is 1. The molecule has 4 rings (SSSR count). The lowest BCUT2D eigenvalue weighted by Crippen LogP contribution is -2.20. The van der Waals surface area contributed by atoms with E-state index in [1.165, 1.54) is 36.8 Å². The maximum atomic E-state index is 13.7. The predicted molar refractivity (Wildman–Crippen MR) is 98.9 cm³/mol. The summed E-state index contributed by atoms with van der Waals surface area (Å²) in [6.07, 6.45) is -0.828. The summed E-state index contributed by atoms with van der Waals surface area (Å²) >= 11 is 0. The van der Waals surface area contributed by atoms with Gasteiger partial charge in [0.05, 0.1) is 16.6 Å². The van der Waals surface area contributed by atoms with Gasteiger partial charge in [0.25, 0.3) is 5.91 Å². The van der Waals surface area contributed by atoms with Crippen LogP contribution in [0.3, 0.4) is 0 Å². The van der Waals surface area contributed by atoms with Gasteiger partial charge in [0, 0.05) is 30.4 Å². The number of halogens is 3. The Balaban J connectivity index is 1.67. The van der Waals surface area contributed by atoms with E-state index in [1.54, 1.807) is 23.7 Å². The molecule has 0 bridgehead atoms. The van der Waals surface area contributed by atoms with Crippen molar-refractivity contribution in [3.05, 3.63) is 66.2 Å². The zero-order valence-corrected chi connectivity index (χ0v) is 15.0. The summed E-state index contributed by atoms with van der Waals surface area (Å²) in [6.45, 7) is 0. The van der Waals surface area contributed by atoms with Gasteiger partial charge in [-0.3, -0.25) is 9.78 Å². The number of fused-ring (bicyclic) bond motifs is 1. The lowest BCUT2D eigenvalue weighted by molar-refractivity contribution is -0.136. The first kappa shape index (κ1) is 18.5. The van der Waals surface area contributed by atoms with E-state index < -0.39 is 23.2 Å². The van der Waals surface area contributed by atoms with Crippen LogP contribution in [0.4, 0.5) is 19.0 Å². The van der Waals surface area contributed by atoms with Crippen molar-refractivity contribution in [1.82, 2.24) is 24.7 Å². The summed E-state index contributed by atoms with van der Waals surface area (Å²) in [5, 5.41) is 9.96. The minimum Gasteiger partial charge on any atom is -0.317 e. The predicted octanol–water partition coefficient (Wildman–Crippen LogP) is 3.70. The third kappa shape index (κ3) is 3.51. The van der Waals surface area contributed by atoms with Crippen LogP contribution in [0, 0.1) is 0 Å². The van der Waals surface area contributed by atoms with E-state index in [-0.39, 0.29) is 16.7 Å². The quantitative estimate of drug-likeness (QED) is 0.569. The van der Waals surface area contributed by atoms with Crippen LogP contribution in [-0.4, -0.2) is 30.6 Å². The highest BCUT2D eigenvalue weighted by Gasteiger charge is 2.37. The van der Waals surface area contributed by atoms with Crippen LogP contribution in [-0.2, 0) is 13.2 Å². The van der Waals surface area contributed by atoms with Gasteiger partial charge in [-0.1, -0.05) is 18.2 Å². The molecule has 0 spiro atoms. The van der Waals surface area contributed by atoms with Gasteiger partial charge in [-0.2, -0.15) is 13.2 Å². The Morgan fingerprint density at radius 2 is 1.86 bits per heavy atom. The number of hydrogen-bond donors (Lipinski definition) is 1. The molecule has 29 heavy (non-hydrogen) atoms. The Kier molecular flexibility index (Phi) is 4.45. The molecule has 146 valence electrons. The van der Waals surface area contributed by atoms with Crippen LogP contribution in [0.25, 0.3) is 22.3 Å². The minimum atomic E-state index is -4.72. The molecular formula is C19H13F3N6O. The number of rotatable bonds is 3. The van der Waals surface area contributed by atoms with Gasteiger partial charge >= 0.3 is 6.18 Å². The van der Waals surface area contributed by atoms with E-state index >= 15 is 0 Å². The van der Waals surface area contributed by atoms with Gasteiger partial charge < -0.3 is 9.88 Å². The van der Waals surface area contributed by atoms with Gasteiger partial charge in [0.1, 0.15) is 12.1 Å². The lowest BCUT2D eigenvalue weighted by atomic mass is 10.0. The Hall–Kier alpha value is -3.82. The highest BCUT2D eigenvalue weighted by Crippen LogP contribution is 2.37. The molecule has 0 fully saturated rings. The topological polar surface area (TPSA) is 85.6 Å². The number of carbonyl (C=O) groups is 1.